The van der Waals surface area contributed by atoms with Gasteiger partial charge in [0.2, 0.25) is 0 Å². The first kappa shape index (κ1) is 11.1. The summed E-state index contributed by atoms with van der Waals surface area (Å²) >= 11 is 0. The Bertz CT molecular complexity index is 531. The van der Waals surface area contributed by atoms with Crippen LogP contribution >= 0.6 is 0 Å². The highest BCUT2D eigenvalue weighted by atomic mass is 19.3. The van der Waals surface area contributed by atoms with Crippen LogP contribution in [0, 0.1) is 6.92 Å². The van der Waals surface area contributed by atoms with E-state index in [9.17, 15) is 8.78 Å². The molecule has 2 rings (SSSR count). The third kappa shape index (κ3) is 1.41. The molecule has 2 nitrogen and oxygen atoms in total. The summed E-state index contributed by atoms with van der Waals surface area (Å²) in [5.41, 5.74) is 1.16. The topological polar surface area (TPSA) is 25.2 Å². The molecule has 0 unspecified atom stereocenters. The predicted octanol–water partition coefficient (Wildman–Crippen LogP) is 2.57. The molecule has 0 aliphatic carbocycles. The molecule has 86 valence electrons. The van der Waals surface area contributed by atoms with Gasteiger partial charge in [0.05, 0.1) is 5.56 Å². The molecular weight excluding hydrogens is 212 g/mol. The summed E-state index contributed by atoms with van der Waals surface area (Å²) in [6.07, 6.45) is 0. The Labute approximate surface area is 92.1 Å². The van der Waals surface area contributed by atoms with Gasteiger partial charge in [0, 0.05) is 23.6 Å². The number of para-hydroxylation sites is 1. The minimum absolute atomic E-state index is 0.0758. The predicted molar refractivity (Wildman–Crippen MR) is 58.6 cm³/mol. The Morgan fingerprint density at radius 1 is 1.31 bits per heavy atom. The number of nitrogens with zero attached hydrogens (tertiary/aromatic N) is 1. The van der Waals surface area contributed by atoms with Crippen molar-refractivity contribution in [3.63, 3.8) is 0 Å². The van der Waals surface area contributed by atoms with Gasteiger partial charge in [0.15, 0.2) is 0 Å². The van der Waals surface area contributed by atoms with Crippen molar-refractivity contribution < 1.29 is 13.9 Å². The van der Waals surface area contributed by atoms with Gasteiger partial charge >= 0.3 is 0 Å². The van der Waals surface area contributed by atoms with Gasteiger partial charge in [-0.05, 0) is 13.0 Å². The van der Waals surface area contributed by atoms with Gasteiger partial charge in [-0.3, -0.25) is 0 Å². The van der Waals surface area contributed by atoms with Crippen LogP contribution in [0.2, 0.25) is 0 Å². The molecule has 1 aromatic heterocycles. The zero-order valence-electron chi connectivity index (χ0n) is 9.17. The van der Waals surface area contributed by atoms with Crippen molar-refractivity contribution in [1.82, 2.24) is 4.57 Å². The Kier molecular flexibility index (Phi) is 2.46. The van der Waals surface area contributed by atoms with E-state index in [1.54, 1.807) is 36.7 Å². The van der Waals surface area contributed by atoms with Crippen molar-refractivity contribution in [2.45, 2.75) is 12.8 Å². The van der Waals surface area contributed by atoms with Gasteiger partial charge in [0.1, 0.15) is 6.61 Å². The van der Waals surface area contributed by atoms with Gasteiger partial charge in [-0.15, -0.1) is 0 Å². The smallest absolute Gasteiger partial charge is 0.298 e. The number of hydrogen-bond acceptors (Lipinski definition) is 1. The van der Waals surface area contributed by atoms with Gasteiger partial charge in [0.25, 0.3) is 5.92 Å². The highest BCUT2D eigenvalue weighted by Gasteiger charge is 2.36. The molecule has 0 fully saturated rings. The van der Waals surface area contributed by atoms with Crippen LogP contribution in [0.5, 0.6) is 0 Å². The van der Waals surface area contributed by atoms with Gasteiger partial charge in [-0.25, -0.2) is 0 Å². The SMILES string of the molecule is Cc1c(C(F)(F)CO)c2ccccc2n1C. The number of aromatic nitrogens is 1. The fourth-order valence-electron chi connectivity index (χ4n) is 2.06. The molecule has 0 aliphatic heterocycles. The summed E-state index contributed by atoms with van der Waals surface area (Å²) < 4.78 is 29.0. The van der Waals surface area contributed by atoms with Crippen LogP contribution in [0.4, 0.5) is 8.78 Å². The first-order valence-electron chi connectivity index (χ1n) is 5.02. The number of aliphatic hydroxyl groups is 1. The highest BCUT2D eigenvalue weighted by molar-refractivity contribution is 5.86. The van der Waals surface area contributed by atoms with E-state index in [1.165, 1.54) is 0 Å². The van der Waals surface area contributed by atoms with Crippen LogP contribution < -0.4 is 0 Å². The fraction of sp³-hybridized carbons (Fsp3) is 0.333. The van der Waals surface area contributed by atoms with Crippen molar-refractivity contribution in [2.75, 3.05) is 6.61 Å². The van der Waals surface area contributed by atoms with Gasteiger partial charge in [-0.1, -0.05) is 18.2 Å². The number of alkyl halides is 2. The molecule has 2 aromatic rings. The molecule has 16 heavy (non-hydrogen) atoms. The van der Waals surface area contributed by atoms with Crippen LogP contribution in [-0.4, -0.2) is 16.3 Å². The summed E-state index contributed by atoms with van der Waals surface area (Å²) in [4.78, 5) is 0. The van der Waals surface area contributed by atoms with Crippen molar-refractivity contribution >= 4 is 10.9 Å². The second-order valence-electron chi connectivity index (χ2n) is 3.90. The Balaban J connectivity index is 2.84. The van der Waals surface area contributed by atoms with E-state index in [0.717, 1.165) is 5.52 Å². The maximum atomic E-state index is 13.6. The second-order valence-corrected chi connectivity index (χ2v) is 3.90. The van der Waals surface area contributed by atoms with E-state index in [-0.39, 0.29) is 5.56 Å². The summed E-state index contributed by atoms with van der Waals surface area (Å²) in [5, 5.41) is 9.28. The third-order valence-electron chi connectivity index (χ3n) is 2.96. The van der Waals surface area contributed by atoms with E-state index in [2.05, 4.69) is 0 Å². The maximum absolute atomic E-state index is 13.6. The van der Waals surface area contributed by atoms with Crippen LogP contribution in [0.1, 0.15) is 11.3 Å². The molecule has 0 saturated carbocycles. The number of hydrogen-bond donors (Lipinski definition) is 1. The lowest BCUT2D eigenvalue weighted by Gasteiger charge is -2.14. The van der Waals surface area contributed by atoms with E-state index in [4.69, 9.17) is 5.11 Å². The van der Waals surface area contributed by atoms with Gasteiger partial charge in [-0.2, -0.15) is 8.78 Å². The average Bonchev–Trinajstić information content (AvgIpc) is 2.53. The summed E-state index contributed by atoms with van der Waals surface area (Å²) in [5.74, 6) is -3.19. The lowest BCUT2D eigenvalue weighted by Crippen LogP contribution is -2.19. The molecule has 0 radical (unpaired) electrons. The maximum Gasteiger partial charge on any atom is 0.298 e. The van der Waals surface area contributed by atoms with Gasteiger partial charge < -0.3 is 9.67 Å². The summed E-state index contributed by atoms with van der Waals surface area (Å²) in [6, 6.07) is 6.97. The van der Waals surface area contributed by atoms with Crippen molar-refractivity contribution in [1.29, 1.82) is 0 Å². The van der Waals surface area contributed by atoms with Crippen molar-refractivity contribution in [3.8, 4) is 0 Å². The minimum atomic E-state index is -3.19. The van der Waals surface area contributed by atoms with E-state index in [1.807, 2.05) is 6.07 Å². The zero-order chi connectivity index (χ0) is 11.9. The summed E-state index contributed by atoms with van der Waals surface area (Å²) in [6.45, 7) is 0.473. The number of aryl methyl sites for hydroxylation is 1. The van der Waals surface area contributed by atoms with Crippen LogP contribution in [0.25, 0.3) is 10.9 Å². The monoisotopic (exact) mass is 225 g/mol. The molecule has 0 aliphatic rings. The fourth-order valence-corrected chi connectivity index (χ4v) is 2.06. The van der Waals surface area contributed by atoms with Crippen molar-refractivity contribution in [2.24, 2.45) is 7.05 Å². The molecule has 0 bridgehead atoms. The number of benzene rings is 1. The van der Waals surface area contributed by atoms with E-state index in [0.29, 0.717) is 11.1 Å². The Morgan fingerprint density at radius 3 is 2.56 bits per heavy atom. The molecule has 0 saturated heterocycles. The largest absolute Gasteiger partial charge is 0.390 e. The average molecular weight is 225 g/mol. The molecule has 0 amide bonds. The normalized spacial score (nSPS) is 12.3. The molecule has 1 aromatic carbocycles. The standard InChI is InChI=1S/C12H13F2NO/c1-8-11(12(13,14)7-16)9-5-3-4-6-10(9)15(8)2/h3-6,16H,7H2,1-2H3. The van der Waals surface area contributed by atoms with E-state index >= 15 is 0 Å². The molecule has 0 atom stereocenters. The molecule has 4 heteroatoms. The summed E-state index contributed by atoms with van der Waals surface area (Å²) in [7, 11) is 1.74. The Hall–Kier alpha value is -1.42. The third-order valence-corrected chi connectivity index (χ3v) is 2.96. The number of aliphatic hydroxyl groups excluding tert-OH is 1. The number of fused-ring (bicyclic) bond motifs is 1. The molecular formula is C12H13F2NO. The quantitative estimate of drug-likeness (QED) is 0.834. The molecule has 1 heterocycles. The second kappa shape index (κ2) is 3.56. The van der Waals surface area contributed by atoms with Crippen molar-refractivity contribution in [3.05, 3.63) is 35.5 Å². The Morgan fingerprint density at radius 2 is 1.94 bits per heavy atom. The zero-order valence-corrected chi connectivity index (χ0v) is 9.17. The van der Waals surface area contributed by atoms with E-state index < -0.39 is 12.5 Å². The van der Waals surface area contributed by atoms with Crippen LogP contribution in [-0.2, 0) is 13.0 Å². The first-order valence-corrected chi connectivity index (χ1v) is 5.02. The first-order chi connectivity index (χ1) is 7.49. The van der Waals surface area contributed by atoms with Crippen LogP contribution in [0.15, 0.2) is 24.3 Å². The van der Waals surface area contributed by atoms with Crippen LogP contribution in [0.3, 0.4) is 0 Å². The molecule has 1 N–H and O–H groups in total. The number of rotatable bonds is 2. The lowest BCUT2D eigenvalue weighted by atomic mass is 10.1. The lowest BCUT2D eigenvalue weighted by molar-refractivity contribution is -0.0549. The highest BCUT2D eigenvalue weighted by Crippen LogP contribution is 2.37. The number of halogens is 2. The molecule has 0 spiro atoms. The minimum Gasteiger partial charge on any atom is -0.390 e.